The molecule has 1 heterocycles. The maximum Gasteiger partial charge on any atom is 0.294 e. The standard InChI is InChI=1S/C28H21BrClN3O6S/c1-37-22-8-7-19(12-21(22)30)32-25(34)14-33-27(35)24(40-28(33)36)11-18-9-20(29)26(23(10-18)38-2)39-15-17-5-3-16(13-31)4-6-17/h3-12H,14-15H2,1-2H3,(H,32,34)/b24-11+. The van der Waals surface area contributed by atoms with Gasteiger partial charge in [0.15, 0.2) is 11.5 Å². The average molecular weight is 643 g/mol. The minimum atomic E-state index is -0.589. The van der Waals surface area contributed by atoms with Crippen LogP contribution in [0.5, 0.6) is 17.2 Å². The van der Waals surface area contributed by atoms with Crippen LogP contribution in [-0.4, -0.2) is 42.7 Å². The van der Waals surface area contributed by atoms with E-state index in [1.165, 1.54) is 20.3 Å². The van der Waals surface area contributed by atoms with Crippen molar-refractivity contribution in [1.29, 1.82) is 5.26 Å². The summed E-state index contributed by atoms with van der Waals surface area (Å²) in [5.41, 5.74) is 2.40. The van der Waals surface area contributed by atoms with Crippen LogP contribution in [0.25, 0.3) is 6.08 Å². The Labute approximate surface area is 247 Å². The number of nitriles is 1. The van der Waals surface area contributed by atoms with E-state index in [1.807, 2.05) is 0 Å². The first-order valence-electron chi connectivity index (χ1n) is 11.6. The van der Waals surface area contributed by atoms with Crippen LogP contribution in [0, 0.1) is 11.3 Å². The molecule has 0 spiro atoms. The van der Waals surface area contributed by atoms with Gasteiger partial charge >= 0.3 is 0 Å². The molecule has 1 aliphatic rings. The summed E-state index contributed by atoms with van der Waals surface area (Å²) in [6.07, 6.45) is 1.55. The Hall–Kier alpha value is -3.98. The van der Waals surface area contributed by atoms with Gasteiger partial charge in [0.05, 0.1) is 40.3 Å². The number of nitrogens with one attached hydrogen (secondary N) is 1. The van der Waals surface area contributed by atoms with Gasteiger partial charge in [-0.05, 0) is 87.4 Å². The number of hydrogen-bond acceptors (Lipinski definition) is 8. The fourth-order valence-electron chi connectivity index (χ4n) is 3.67. The molecule has 9 nitrogen and oxygen atoms in total. The number of methoxy groups -OCH3 is 2. The van der Waals surface area contributed by atoms with Crippen molar-refractivity contribution in [3.8, 4) is 23.3 Å². The van der Waals surface area contributed by atoms with Gasteiger partial charge in [0, 0.05) is 5.69 Å². The van der Waals surface area contributed by atoms with Gasteiger partial charge in [-0.2, -0.15) is 5.26 Å². The first-order chi connectivity index (χ1) is 19.2. The monoisotopic (exact) mass is 641 g/mol. The molecule has 12 heteroatoms. The zero-order chi connectivity index (χ0) is 28.8. The first kappa shape index (κ1) is 29.0. The van der Waals surface area contributed by atoms with E-state index in [4.69, 9.17) is 31.1 Å². The second kappa shape index (κ2) is 12.9. The molecule has 1 saturated heterocycles. The van der Waals surface area contributed by atoms with E-state index >= 15 is 0 Å². The number of hydrogen-bond donors (Lipinski definition) is 1. The Morgan fingerprint density at radius 2 is 1.82 bits per heavy atom. The number of imide groups is 1. The Kier molecular flexibility index (Phi) is 9.37. The maximum absolute atomic E-state index is 13.0. The predicted octanol–water partition coefficient (Wildman–Crippen LogP) is 6.25. The third-order valence-corrected chi connectivity index (χ3v) is 7.42. The van der Waals surface area contributed by atoms with Crippen LogP contribution in [0.4, 0.5) is 10.5 Å². The van der Waals surface area contributed by atoms with Crippen molar-refractivity contribution in [3.05, 3.63) is 85.7 Å². The summed E-state index contributed by atoms with van der Waals surface area (Å²) in [6, 6.07) is 17.2. The van der Waals surface area contributed by atoms with E-state index in [0.29, 0.717) is 43.6 Å². The molecule has 1 N–H and O–H groups in total. The van der Waals surface area contributed by atoms with Gasteiger partial charge in [0.25, 0.3) is 11.1 Å². The van der Waals surface area contributed by atoms with E-state index in [9.17, 15) is 14.4 Å². The highest BCUT2D eigenvalue weighted by Gasteiger charge is 2.36. The molecule has 40 heavy (non-hydrogen) atoms. The SMILES string of the molecule is COc1ccc(NC(=O)CN2C(=O)S/C(=C/c3cc(Br)c(OCc4ccc(C#N)cc4)c(OC)c3)C2=O)cc1Cl. The molecular formula is C28H21BrClN3O6S. The van der Waals surface area contributed by atoms with Gasteiger partial charge in [-0.25, -0.2) is 0 Å². The number of nitrogens with zero attached hydrogens (tertiary/aromatic N) is 2. The molecule has 0 aliphatic carbocycles. The Morgan fingerprint density at radius 1 is 1.10 bits per heavy atom. The highest BCUT2D eigenvalue weighted by atomic mass is 79.9. The molecule has 3 aromatic carbocycles. The summed E-state index contributed by atoms with van der Waals surface area (Å²) in [5.74, 6) is 0.162. The van der Waals surface area contributed by atoms with Gasteiger partial charge in [-0.15, -0.1) is 0 Å². The number of benzene rings is 3. The number of rotatable bonds is 9. The molecule has 1 aliphatic heterocycles. The second-order valence-electron chi connectivity index (χ2n) is 8.30. The summed E-state index contributed by atoms with van der Waals surface area (Å²) in [4.78, 5) is 39.1. The van der Waals surface area contributed by atoms with Crippen LogP contribution in [0.15, 0.2) is 64.0 Å². The smallest absolute Gasteiger partial charge is 0.294 e. The maximum atomic E-state index is 13.0. The zero-order valence-corrected chi connectivity index (χ0v) is 24.4. The summed E-state index contributed by atoms with van der Waals surface area (Å²) in [6.45, 7) is -0.218. The lowest BCUT2D eigenvalue weighted by Gasteiger charge is -2.14. The Morgan fingerprint density at radius 3 is 2.48 bits per heavy atom. The number of carbonyl (C=O) groups excluding carboxylic acids is 3. The largest absolute Gasteiger partial charge is 0.495 e. The summed E-state index contributed by atoms with van der Waals surface area (Å²) in [5, 5.41) is 11.3. The van der Waals surface area contributed by atoms with E-state index in [0.717, 1.165) is 22.2 Å². The Balaban J connectivity index is 1.45. The van der Waals surface area contributed by atoms with Crippen molar-refractivity contribution >= 4 is 68.1 Å². The molecule has 0 unspecified atom stereocenters. The van der Waals surface area contributed by atoms with Gasteiger partial charge < -0.3 is 19.5 Å². The van der Waals surface area contributed by atoms with Crippen molar-refractivity contribution in [1.82, 2.24) is 4.90 Å². The lowest BCUT2D eigenvalue weighted by molar-refractivity contribution is -0.127. The van der Waals surface area contributed by atoms with Crippen molar-refractivity contribution in [2.24, 2.45) is 0 Å². The van der Waals surface area contributed by atoms with Gasteiger partial charge in [0.2, 0.25) is 5.91 Å². The molecule has 0 saturated carbocycles. The third kappa shape index (κ3) is 6.77. The van der Waals surface area contributed by atoms with Crippen LogP contribution in [0.3, 0.4) is 0 Å². The molecule has 0 atom stereocenters. The van der Waals surface area contributed by atoms with Crippen molar-refractivity contribution < 1.29 is 28.6 Å². The van der Waals surface area contributed by atoms with Crippen LogP contribution in [0.2, 0.25) is 5.02 Å². The Bertz CT molecular complexity index is 1550. The normalized spacial score (nSPS) is 13.8. The molecule has 0 aromatic heterocycles. The quantitative estimate of drug-likeness (QED) is 0.273. The molecule has 1 fully saturated rings. The van der Waals surface area contributed by atoms with E-state index in [1.54, 1.807) is 54.6 Å². The number of anilines is 1. The molecule has 0 bridgehead atoms. The van der Waals surface area contributed by atoms with Crippen molar-refractivity contribution in [2.75, 3.05) is 26.1 Å². The fourth-order valence-corrected chi connectivity index (χ4v) is 5.34. The molecule has 0 radical (unpaired) electrons. The van der Waals surface area contributed by atoms with E-state index in [-0.39, 0.29) is 11.5 Å². The van der Waals surface area contributed by atoms with Crippen molar-refractivity contribution in [2.45, 2.75) is 6.61 Å². The van der Waals surface area contributed by atoms with Crippen molar-refractivity contribution in [3.63, 3.8) is 0 Å². The minimum Gasteiger partial charge on any atom is -0.495 e. The first-order valence-corrected chi connectivity index (χ1v) is 13.6. The molecule has 204 valence electrons. The van der Waals surface area contributed by atoms with Gasteiger partial charge in [0.1, 0.15) is 18.9 Å². The lowest BCUT2D eigenvalue weighted by Crippen LogP contribution is -2.36. The number of ether oxygens (including phenoxy) is 3. The molecule has 3 aromatic rings. The second-order valence-corrected chi connectivity index (χ2v) is 10.6. The number of carbonyl (C=O) groups is 3. The predicted molar refractivity (Wildman–Crippen MR) is 155 cm³/mol. The zero-order valence-electron chi connectivity index (χ0n) is 21.2. The third-order valence-electron chi connectivity index (χ3n) is 5.63. The van der Waals surface area contributed by atoms with Crippen LogP contribution < -0.4 is 19.5 Å². The van der Waals surface area contributed by atoms with E-state index < -0.39 is 23.6 Å². The van der Waals surface area contributed by atoms with Crippen LogP contribution in [-0.2, 0) is 16.2 Å². The van der Waals surface area contributed by atoms with Crippen LogP contribution in [0.1, 0.15) is 16.7 Å². The van der Waals surface area contributed by atoms with Crippen LogP contribution >= 0.6 is 39.3 Å². The molecule has 3 amide bonds. The highest BCUT2D eigenvalue weighted by molar-refractivity contribution is 9.10. The summed E-state index contributed by atoms with van der Waals surface area (Å²) < 4.78 is 17.1. The topological polar surface area (TPSA) is 118 Å². The number of amides is 3. The summed E-state index contributed by atoms with van der Waals surface area (Å²) >= 11 is 10.3. The lowest BCUT2D eigenvalue weighted by atomic mass is 10.1. The summed E-state index contributed by atoms with van der Waals surface area (Å²) in [7, 11) is 2.96. The number of thioether (sulfide) groups is 1. The molecular weight excluding hydrogens is 622 g/mol. The van der Waals surface area contributed by atoms with Gasteiger partial charge in [-0.3, -0.25) is 19.3 Å². The minimum absolute atomic E-state index is 0.158. The fraction of sp³-hybridized carbons (Fsp3) is 0.143. The van der Waals surface area contributed by atoms with E-state index in [2.05, 4.69) is 27.3 Å². The average Bonchev–Trinajstić information content (AvgIpc) is 3.19. The molecule has 4 rings (SSSR count). The number of halogens is 2. The van der Waals surface area contributed by atoms with Gasteiger partial charge in [-0.1, -0.05) is 23.7 Å². The highest BCUT2D eigenvalue weighted by Crippen LogP contribution is 2.39.